The first-order chi connectivity index (χ1) is 13.6. The molecule has 1 amide bonds. The van der Waals surface area contributed by atoms with Crippen LogP contribution in [0.2, 0.25) is 0 Å². The highest BCUT2D eigenvalue weighted by molar-refractivity contribution is 7.92. The Morgan fingerprint density at radius 3 is 2.66 bits per heavy atom. The van der Waals surface area contributed by atoms with Gasteiger partial charge in [-0.1, -0.05) is 12.1 Å². The Hall–Kier alpha value is -2.68. The molecule has 0 aromatic heterocycles. The molecule has 1 atom stereocenters. The molecule has 2 aromatic rings. The predicted octanol–water partition coefficient (Wildman–Crippen LogP) is 3.49. The van der Waals surface area contributed by atoms with E-state index in [4.69, 9.17) is 0 Å². The van der Waals surface area contributed by atoms with Crippen molar-refractivity contribution in [3.05, 3.63) is 59.2 Å². The van der Waals surface area contributed by atoms with E-state index < -0.39 is 22.7 Å². The van der Waals surface area contributed by atoms with E-state index in [0.717, 1.165) is 11.8 Å². The quantitative estimate of drug-likeness (QED) is 0.770. The second-order valence-electron chi connectivity index (χ2n) is 6.93. The fraction of sp³-hybridized carbons (Fsp3) is 0.350. The summed E-state index contributed by atoms with van der Waals surface area (Å²) in [4.78, 5) is 12.7. The third-order valence-electron chi connectivity index (χ3n) is 4.75. The van der Waals surface area contributed by atoms with Crippen LogP contribution < -0.4 is 14.4 Å². The summed E-state index contributed by atoms with van der Waals surface area (Å²) in [5.74, 6) is -0.315. The van der Waals surface area contributed by atoms with Crippen LogP contribution in [-0.2, 0) is 16.4 Å². The fourth-order valence-electron chi connectivity index (χ4n) is 3.37. The van der Waals surface area contributed by atoms with Gasteiger partial charge < -0.3 is 10.1 Å². The zero-order chi connectivity index (χ0) is 21.2. The molecule has 2 aromatic carbocycles. The van der Waals surface area contributed by atoms with Crippen molar-refractivity contribution in [2.75, 3.05) is 17.1 Å². The van der Waals surface area contributed by atoms with E-state index in [0.29, 0.717) is 36.2 Å². The van der Waals surface area contributed by atoms with Crippen molar-refractivity contribution < 1.29 is 26.7 Å². The molecule has 1 N–H and O–H groups in total. The van der Waals surface area contributed by atoms with Crippen LogP contribution in [0.25, 0.3) is 0 Å². The number of fused-ring (bicyclic) bond motifs is 1. The number of anilines is 1. The van der Waals surface area contributed by atoms with Crippen molar-refractivity contribution in [2.24, 2.45) is 0 Å². The molecule has 0 fully saturated rings. The lowest BCUT2D eigenvalue weighted by Crippen LogP contribution is -2.35. The number of aryl methyl sites for hydroxylation is 1. The number of rotatable bonds is 6. The molecule has 0 aliphatic carbocycles. The lowest BCUT2D eigenvalue weighted by molar-refractivity contribution is -0.0499. The van der Waals surface area contributed by atoms with Gasteiger partial charge in [0.1, 0.15) is 5.75 Å². The standard InChI is InChI=1S/C20H22F2N2O4S/c1-13(14-5-3-7-17(12-14)28-20(21)22)23-19(25)16-8-9-18-15(11-16)6-4-10-24(18)29(2,26)27/h3,5,7-9,11-13,20H,4,6,10H2,1-2H3,(H,23,25). The van der Waals surface area contributed by atoms with E-state index in [1.165, 1.54) is 16.4 Å². The van der Waals surface area contributed by atoms with Crippen LogP contribution in [-0.4, -0.2) is 33.7 Å². The minimum atomic E-state index is -3.37. The topological polar surface area (TPSA) is 75.7 Å². The molecule has 156 valence electrons. The van der Waals surface area contributed by atoms with Crippen molar-refractivity contribution >= 4 is 21.6 Å². The van der Waals surface area contributed by atoms with Crippen LogP contribution in [0.1, 0.15) is 40.9 Å². The molecule has 29 heavy (non-hydrogen) atoms. The number of hydrogen-bond donors (Lipinski definition) is 1. The number of nitrogens with one attached hydrogen (secondary N) is 1. The monoisotopic (exact) mass is 424 g/mol. The highest BCUT2D eigenvalue weighted by atomic mass is 32.2. The Balaban J connectivity index is 1.76. The summed E-state index contributed by atoms with van der Waals surface area (Å²) in [6.45, 7) is -0.758. The van der Waals surface area contributed by atoms with Gasteiger partial charge in [0, 0.05) is 12.1 Å². The van der Waals surface area contributed by atoms with Crippen LogP contribution in [0.4, 0.5) is 14.5 Å². The van der Waals surface area contributed by atoms with Crippen LogP contribution >= 0.6 is 0 Å². The van der Waals surface area contributed by atoms with Crippen LogP contribution in [0.3, 0.4) is 0 Å². The van der Waals surface area contributed by atoms with Gasteiger partial charge in [-0.15, -0.1) is 0 Å². The van der Waals surface area contributed by atoms with Crippen molar-refractivity contribution in [1.29, 1.82) is 0 Å². The van der Waals surface area contributed by atoms with E-state index >= 15 is 0 Å². The normalized spacial score (nSPS) is 15.0. The molecule has 0 saturated carbocycles. The lowest BCUT2D eigenvalue weighted by Gasteiger charge is -2.29. The summed E-state index contributed by atoms with van der Waals surface area (Å²) in [7, 11) is -3.37. The minimum absolute atomic E-state index is 0.0215. The lowest BCUT2D eigenvalue weighted by atomic mass is 10.00. The number of amides is 1. The van der Waals surface area contributed by atoms with Crippen LogP contribution in [0.15, 0.2) is 42.5 Å². The number of halogens is 2. The Bertz CT molecular complexity index is 1010. The van der Waals surface area contributed by atoms with Crippen LogP contribution in [0, 0.1) is 0 Å². The van der Waals surface area contributed by atoms with E-state index in [1.54, 1.807) is 37.3 Å². The summed E-state index contributed by atoms with van der Waals surface area (Å²) in [6.07, 6.45) is 2.53. The van der Waals surface area contributed by atoms with Gasteiger partial charge in [0.25, 0.3) is 5.91 Å². The third-order valence-corrected chi connectivity index (χ3v) is 5.93. The average molecular weight is 424 g/mol. The van der Waals surface area contributed by atoms with E-state index in [2.05, 4.69) is 10.1 Å². The highest BCUT2D eigenvalue weighted by Crippen LogP contribution is 2.30. The smallest absolute Gasteiger partial charge is 0.387 e. The summed E-state index contributed by atoms with van der Waals surface area (Å²) in [5.41, 5.74) is 2.43. The van der Waals surface area contributed by atoms with Gasteiger partial charge in [-0.05, 0) is 61.2 Å². The number of nitrogens with zero attached hydrogens (tertiary/aromatic N) is 1. The predicted molar refractivity (Wildman–Crippen MR) is 106 cm³/mol. The molecule has 3 rings (SSSR count). The molecule has 1 heterocycles. The summed E-state index contributed by atoms with van der Waals surface area (Å²) in [5, 5.41) is 2.83. The van der Waals surface area contributed by atoms with Gasteiger partial charge in [-0.3, -0.25) is 9.10 Å². The van der Waals surface area contributed by atoms with Crippen LogP contribution in [0.5, 0.6) is 5.75 Å². The maximum atomic E-state index is 12.7. The molecule has 1 unspecified atom stereocenters. The number of ether oxygens (including phenoxy) is 1. The maximum absolute atomic E-state index is 12.7. The first-order valence-electron chi connectivity index (χ1n) is 9.11. The van der Waals surface area contributed by atoms with E-state index in [-0.39, 0.29) is 11.7 Å². The van der Waals surface area contributed by atoms with Crippen molar-refractivity contribution in [3.63, 3.8) is 0 Å². The van der Waals surface area contributed by atoms with E-state index in [9.17, 15) is 22.0 Å². The molecule has 1 aliphatic heterocycles. The number of benzene rings is 2. The molecule has 0 radical (unpaired) electrons. The molecule has 0 saturated heterocycles. The summed E-state index contributed by atoms with van der Waals surface area (Å²) in [6, 6.07) is 10.6. The van der Waals surface area contributed by atoms with Gasteiger partial charge in [0.2, 0.25) is 10.0 Å². The molecular formula is C20H22F2N2O4S. The highest BCUT2D eigenvalue weighted by Gasteiger charge is 2.25. The van der Waals surface area contributed by atoms with Gasteiger partial charge in [-0.25, -0.2) is 8.42 Å². The zero-order valence-corrected chi connectivity index (χ0v) is 16.9. The molecular weight excluding hydrogens is 402 g/mol. The fourth-order valence-corrected chi connectivity index (χ4v) is 4.37. The van der Waals surface area contributed by atoms with Gasteiger partial charge in [0.15, 0.2) is 0 Å². The first kappa shape index (κ1) is 21.0. The molecule has 0 bridgehead atoms. The summed E-state index contributed by atoms with van der Waals surface area (Å²) >= 11 is 0. The third kappa shape index (κ3) is 5.03. The first-order valence-corrected chi connectivity index (χ1v) is 11.0. The summed E-state index contributed by atoms with van der Waals surface area (Å²) < 4.78 is 54.4. The van der Waals surface area contributed by atoms with Gasteiger partial charge >= 0.3 is 6.61 Å². The number of sulfonamides is 1. The second kappa shape index (κ2) is 8.36. The Kier molecular flexibility index (Phi) is 6.07. The number of hydrogen-bond acceptors (Lipinski definition) is 4. The van der Waals surface area contributed by atoms with Gasteiger partial charge in [-0.2, -0.15) is 8.78 Å². The Morgan fingerprint density at radius 1 is 1.21 bits per heavy atom. The van der Waals surface area contributed by atoms with E-state index in [1.807, 2.05) is 0 Å². The van der Waals surface area contributed by atoms with Crippen molar-refractivity contribution in [2.45, 2.75) is 32.4 Å². The number of carbonyl (C=O) groups excluding carboxylic acids is 1. The SMILES string of the molecule is CC(NC(=O)c1ccc2c(c1)CCCN2S(C)(=O)=O)c1cccc(OC(F)F)c1. The maximum Gasteiger partial charge on any atom is 0.387 e. The Morgan fingerprint density at radius 2 is 1.97 bits per heavy atom. The van der Waals surface area contributed by atoms with Gasteiger partial charge in [0.05, 0.1) is 18.0 Å². The zero-order valence-electron chi connectivity index (χ0n) is 16.1. The molecule has 0 spiro atoms. The van der Waals surface area contributed by atoms with Crippen molar-refractivity contribution in [3.8, 4) is 5.75 Å². The molecule has 1 aliphatic rings. The Labute approximate surface area is 168 Å². The average Bonchev–Trinajstić information content (AvgIpc) is 2.66. The second-order valence-corrected chi connectivity index (χ2v) is 8.84. The minimum Gasteiger partial charge on any atom is -0.435 e. The molecule has 9 heteroatoms. The number of carbonyl (C=O) groups is 1. The largest absolute Gasteiger partial charge is 0.435 e. The number of alkyl halides is 2. The van der Waals surface area contributed by atoms with Crippen molar-refractivity contribution in [1.82, 2.24) is 5.32 Å². The molecule has 6 nitrogen and oxygen atoms in total.